The molecule has 1 aromatic heterocycles. The van der Waals surface area contributed by atoms with E-state index in [0.29, 0.717) is 6.04 Å². The van der Waals surface area contributed by atoms with Gasteiger partial charge in [-0.15, -0.1) is 0 Å². The molecule has 4 nitrogen and oxygen atoms in total. The third-order valence-electron chi connectivity index (χ3n) is 4.07. The fraction of sp³-hybridized carbons (Fsp3) is 0.438. The van der Waals surface area contributed by atoms with Crippen LogP contribution in [0.2, 0.25) is 0 Å². The maximum atomic E-state index is 5.91. The Balaban J connectivity index is 1.86. The molecule has 20 heavy (non-hydrogen) atoms. The first-order valence-corrected chi connectivity index (χ1v) is 7.07. The molecule has 2 aromatic rings. The fourth-order valence-electron chi connectivity index (χ4n) is 2.67. The molecule has 1 aliphatic rings. The number of ether oxygens (including phenoxy) is 1. The molecule has 0 fully saturated rings. The molecule has 0 spiro atoms. The zero-order chi connectivity index (χ0) is 14.1. The number of rotatable bonds is 2. The Bertz CT molecular complexity index is 586. The quantitative estimate of drug-likeness (QED) is 0.841. The molecule has 0 N–H and O–H groups in total. The van der Waals surface area contributed by atoms with Crippen LogP contribution in [0.4, 0.5) is 0 Å². The molecule has 0 saturated heterocycles. The predicted octanol–water partition coefficient (Wildman–Crippen LogP) is 2.51. The summed E-state index contributed by atoms with van der Waals surface area (Å²) in [5.41, 5.74) is 3.78. The van der Waals surface area contributed by atoms with Crippen molar-refractivity contribution in [2.24, 2.45) is 7.05 Å². The number of fused-ring (bicyclic) bond motifs is 1. The minimum Gasteiger partial charge on any atom is -0.492 e. The van der Waals surface area contributed by atoms with E-state index in [0.717, 1.165) is 25.4 Å². The minimum absolute atomic E-state index is 0.386. The molecule has 0 aliphatic carbocycles. The average Bonchev–Trinajstić information content (AvgIpc) is 2.68. The van der Waals surface area contributed by atoms with Crippen molar-refractivity contribution in [1.29, 1.82) is 0 Å². The van der Waals surface area contributed by atoms with Crippen LogP contribution in [-0.4, -0.2) is 27.3 Å². The van der Waals surface area contributed by atoms with Crippen LogP contribution >= 0.6 is 0 Å². The van der Waals surface area contributed by atoms with Gasteiger partial charge < -0.3 is 4.74 Å². The van der Waals surface area contributed by atoms with Gasteiger partial charge in [-0.25, -0.2) is 0 Å². The summed E-state index contributed by atoms with van der Waals surface area (Å²) < 4.78 is 7.88. The monoisotopic (exact) mass is 271 g/mol. The van der Waals surface area contributed by atoms with Gasteiger partial charge in [0.1, 0.15) is 12.4 Å². The largest absolute Gasteiger partial charge is 0.492 e. The molecule has 1 aliphatic heterocycles. The van der Waals surface area contributed by atoms with Gasteiger partial charge in [0.25, 0.3) is 0 Å². The van der Waals surface area contributed by atoms with Crippen LogP contribution in [0.25, 0.3) is 0 Å². The minimum atomic E-state index is 0.386. The van der Waals surface area contributed by atoms with Crippen molar-refractivity contribution < 1.29 is 4.74 Å². The summed E-state index contributed by atoms with van der Waals surface area (Å²) >= 11 is 0. The molecule has 0 amide bonds. The Morgan fingerprint density at radius 3 is 2.90 bits per heavy atom. The van der Waals surface area contributed by atoms with E-state index in [1.165, 1.54) is 16.8 Å². The summed E-state index contributed by atoms with van der Waals surface area (Å²) in [6, 6.07) is 8.70. The summed E-state index contributed by atoms with van der Waals surface area (Å²) in [5, 5.41) is 4.33. The first-order valence-electron chi connectivity index (χ1n) is 7.07. The molecule has 0 bridgehead atoms. The Hall–Kier alpha value is -1.81. The van der Waals surface area contributed by atoms with Crippen LogP contribution in [0.15, 0.2) is 30.5 Å². The second kappa shape index (κ2) is 5.29. The summed E-state index contributed by atoms with van der Waals surface area (Å²) in [4.78, 5) is 2.45. The Labute approximate surface area is 120 Å². The normalized spacial score (nSPS) is 19.2. The van der Waals surface area contributed by atoms with Gasteiger partial charge in [0.2, 0.25) is 0 Å². The maximum Gasteiger partial charge on any atom is 0.123 e. The number of hydrogen-bond donors (Lipinski definition) is 0. The smallest absolute Gasteiger partial charge is 0.123 e. The van der Waals surface area contributed by atoms with Gasteiger partial charge in [0.05, 0.1) is 11.9 Å². The Kier molecular flexibility index (Phi) is 3.49. The zero-order valence-corrected chi connectivity index (χ0v) is 12.3. The fourth-order valence-corrected chi connectivity index (χ4v) is 2.67. The van der Waals surface area contributed by atoms with E-state index in [2.05, 4.69) is 42.0 Å². The molecule has 2 heterocycles. The Morgan fingerprint density at radius 1 is 1.35 bits per heavy atom. The number of nitrogens with zero attached hydrogens (tertiary/aromatic N) is 3. The molecule has 1 aromatic carbocycles. The second-order valence-electron chi connectivity index (χ2n) is 5.57. The second-order valence-corrected chi connectivity index (χ2v) is 5.57. The van der Waals surface area contributed by atoms with Gasteiger partial charge >= 0.3 is 0 Å². The maximum absolute atomic E-state index is 5.91. The average molecular weight is 271 g/mol. The van der Waals surface area contributed by atoms with Crippen molar-refractivity contribution in [2.75, 3.05) is 6.61 Å². The van der Waals surface area contributed by atoms with Crippen LogP contribution in [0.1, 0.15) is 23.7 Å². The van der Waals surface area contributed by atoms with Crippen molar-refractivity contribution in [3.63, 3.8) is 0 Å². The van der Waals surface area contributed by atoms with E-state index in [9.17, 15) is 0 Å². The highest BCUT2D eigenvalue weighted by Crippen LogP contribution is 2.26. The van der Waals surface area contributed by atoms with Gasteiger partial charge in [-0.05, 0) is 25.5 Å². The highest BCUT2D eigenvalue weighted by atomic mass is 16.5. The molecule has 4 heteroatoms. The zero-order valence-electron chi connectivity index (χ0n) is 12.3. The van der Waals surface area contributed by atoms with Crippen LogP contribution in [0, 0.1) is 6.92 Å². The van der Waals surface area contributed by atoms with Crippen LogP contribution in [0.5, 0.6) is 5.75 Å². The molecular weight excluding hydrogens is 250 g/mol. The lowest BCUT2D eigenvalue weighted by Crippen LogP contribution is -2.35. The third kappa shape index (κ3) is 2.43. The van der Waals surface area contributed by atoms with E-state index in [1.807, 2.05) is 24.0 Å². The van der Waals surface area contributed by atoms with Crippen molar-refractivity contribution in [3.8, 4) is 5.75 Å². The topological polar surface area (TPSA) is 30.3 Å². The van der Waals surface area contributed by atoms with E-state index in [4.69, 9.17) is 4.74 Å². The van der Waals surface area contributed by atoms with Gasteiger partial charge in [0, 0.05) is 31.7 Å². The molecular formula is C16H21N3O. The van der Waals surface area contributed by atoms with E-state index < -0.39 is 0 Å². The van der Waals surface area contributed by atoms with Gasteiger partial charge in [-0.1, -0.05) is 18.2 Å². The standard InChI is InChI=1S/C16H21N3O/c1-12-8-17-18(3)15(12)10-19-9-14-6-4-5-7-16(14)20-11-13(19)2/h4-8,13H,9-11H2,1-3H3. The molecule has 0 saturated carbocycles. The summed E-state index contributed by atoms with van der Waals surface area (Å²) in [7, 11) is 2.01. The van der Waals surface area contributed by atoms with Crippen LogP contribution in [-0.2, 0) is 20.1 Å². The summed E-state index contributed by atoms with van der Waals surface area (Å²) in [5.74, 6) is 1.02. The first-order chi connectivity index (χ1) is 9.65. The number of benzene rings is 1. The van der Waals surface area contributed by atoms with Gasteiger partial charge in [0.15, 0.2) is 0 Å². The number of para-hydroxylation sites is 1. The van der Waals surface area contributed by atoms with Crippen molar-refractivity contribution in [3.05, 3.63) is 47.3 Å². The number of hydrogen-bond acceptors (Lipinski definition) is 3. The predicted molar refractivity (Wildman–Crippen MR) is 78.6 cm³/mol. The highest BCUT2D eigenvalue weighted by molar-refractivity contribution is 5.34. The van der Waals surface area contributed by atoms with Crippen LogP contribution in [0.3, 0.4) is 0 Å². The van der Waals surface area contributed by atoms with Gasteiger partial charge in [-0.2, -0.15) is 5.10 Å². The molecule has 0 radical (unpaired) electrons. The molecule has 1 atom stereocenters. The summed E-state index contributed by atoms with van der Waals surface area (Å²) in [6.45, 7) is 6.89. The van der Waals surface area contributed by atoms with E-state index >= 15 is 0 Å². The highest BCUT2D eigenvalue weighted by Gasteiger charge is 2.22. The lowest BCUT2D eigenvalue weighted by atomic mass is 10.1. The molecule has 1 unspecified atom stereocenters. The first kappa shape index (κ1) is 13.2. The molecule has 106 valence electrons. The SMILES string of the molecule is Cc1cnn(C)c1CN1Cc2ccccc2OCC1C. The van der Waals surface area contributed by atoms with Gasteiger partial charge in [-0.3, -0.25) is 9.58 Å². The van der Waals surface area contributed by atoms with Crippen molar-refractivity contribution in [2.45, 2.75) is 33.0 Å². The third-order valence-corrected chi connectivity index (χ3v) is 4.07. The van der Waals surface area contributed by atoms with E-state index in [1.54, 1.807) is 0 Å². The number of aryl methyl sites for hydroxylation is 2. The Morgan fingerprint density at radius 2 is 2.15 bits per heavy atom. The van der Waals surface area contributed by atoms with Crippen molar-refractivity contribution in [1.82, 2.24) is 14.7 Å². The summed E-state index contributed by atoms with van der Waals surface area (Å²) in [6.07, 6.45) is 1.93. The lowest BCUT2D eigenvalue weighted by Gasteiger charge is -2.26. The van der Waals surface area contributed by atoms with E-state index in [-0.39, 0.29) is 0 Å². The number of aromatic nitrogens is 2. The van der Waals surface area contributed by atoms with Crippen molar-refractivity contribution >= 4 is 0 Å². The lowest BCUT2D eigenvalue weighted by molar-refractivity contribution is 0.148. The van der Waals surface area contributed by atoms with Crippen LogP contribution < -0.4 is 4.74 Å². The molecule has 3 rings (SSSR count).